The van der Waals surface area contributed by atoms with Gasteiger partial charge in [0.15, 0.2) is 6.29 Å². The number of carbonyl (C=O) groups is 1. The van der Waals surface area contributed by atoms with Gasteiger partial charge in [0.25, 0.3) is 0 Å². The molecule has 0 aromatic carbocycles. The van der Waals surface area contributed by atoms with E-state index in [-0.39, 0.29) is 19.6 Å². The van der Waals surface area contributed by atoms with Crippen LogP contribution in [0.2, 0.25) is 0 Å². The van der Waals surface area contributed by atoms with E-state index >= 15 is 0 Å². The second kappa shape index (κ2) is 49.4. The number of hydrogen-bond acceptors (Lipinski definition) is 11. The number of unbranched alkanes of at least 4 members (excludes halogenated alkanes) is 25. The zero-order chi connectivity index (χ0) is 52.4. The Balaban J connectivity index is 2.31. The first-order valence-electron chi connectivity index (χ1n) is 28.7. The van der Waals surface area contributed by atoms with Gasteiger partial charge in [-0.25, -0.2) is 4.18 Å². The van der Waals surface area contributed by atoms with Crippen molar-refractivity contribution in [3.63, 3.8) is 0 Å². The Morgan fingerprint density at radius 1 is 0.528 bits per heavy atom. The highest BCUT2D eigenvalue weighted by molar-refractivity contribution is 7.80. The first kappa shape index (κ1) is 67.6. The molecule has 0 saturated carbocycles. The number of esters is 1. The van der Waals surface area contributed by atoms with Crippen molar-refractivity contribution in [2.45, 2.75) is 269 Å². The van der Waals surface area contributed by atoms with E-state index in [0.29, 0.717) is 13.0 Å². The summed E-state index contributed by atoms with van der Waals surface area (Å²) >= 11 is 0. The van der Waals surface area contributed by atoms with Crippen LogP contribution in [0, 0.1) is 0 Å². The summed E-state index contributed by atoms with van der Waals surface area (Å²) in [5.41, 5.74) is 0. The van der Waals surface area contributed by atoms with Crippen LogP contribution in [0.5, 0.6) is 0 Å². The van der Waals surface area contributed by atoms with Crippen LogP contribution in [0.3, 0.4) is 0 Å². The van der Waals surface area contributed by atoms with Gasteiger partial charge in [-0.05, 0) is 89.9 Å². The summed E-state index contributed by atoms with van der Waals surface area (Å²) in [6.07, 6.45) is 56.5. The third kappa shape index (κ3) is 41.8. The molecule has 0 aromatic rings. The smallest absolute Gasteiger partial charge is 0.397 e. The summed E-state index contributed by atoms with van der Waals surface area (Å²) in [4.78, 5) is 12.9. The lowest BCUT2D eigenvalue weighted by molar-refractivity contribution is -0.301. The summed E-state index contributed by atoms with van der Waals surface area (Å²) in [5, 5.41) is 30.8. The van der Waals surface area contributed by atoms with Crippen LogP contribution in [-0.2, 0) is 38.3 Å². The Bertz CT molecular complexity index is 1520. The quantitative estimate of drug-likeness (QED) is 0.0196. The van der Waals surface area contributed by atoms with E-state index in [9.17, 15) is 33.1 Å². The Kier molecular flexibility index (Phi) is 46.4. The van der Waals surface area contributed by atoms with Crippen LogP contribution in [-0.4, -0.2) is 97.5 Å². The molecule has 12 nitrogen and oxygen atoms in total. The van der Waals surface area contributed by atoms with Gasteiger partial charge in [0, 0.05) is 13.0 Å². The van der Waals surface area contributed by atoms with Gasteiger partial charge in [0.1, 0.15) is 30.5 Å². The maximum atomic E-state index is 12.9. The third-order valence-electron chi connectivity index (χ3n) is 12.8. The molecule has 6 atom stereocenters. The largest absolute Gasteiger partial charge is 0.457 e. The minimum Gasteiger partial charge on any atom is -0.457 e. The zero-order valence-electron chi connectivity index (χ0n) is 45.2. The minimum atomic E-state index is -5.07. The maximum Gasteiger partial charge on any atom is 0.397 e. The highest BCUT2D eigenvalue weighted by Gasteiger charge is 2.48. The molecule has 0 bridgehead atoms. The number of allylic oxidation sites excluding steroid dienone is 12. The van der Waals surface area contributed by atoms with Gasteiger partial charge in [-0.2, -0.15) is 8.42 Å². The van der Waals surface area contributed by atoms with Crippen LogP contribution in [0.1, 0.15) is 232 Å². The van der Waals surface area contributed by atoms with E-state index in [1.165, 1.54) is 122 Å². The fourth-order valence-electron chi connectivity index (χ4n) is 8.45. The predicted octanol–water partition coefficient (Wildman–Crippen LogP) is 14.2. The van der Waals surface area contributed by atoms with E-state index in [1.54, 1.807) is 0 Å². The van der Waals surface area contributed by atoms with Crippen molar-refractivity contribution in [1.29, 1.82) is 0 Å². The number of aliphatic hydroxyl groups is 3. The Morgan fingerprint density at radius 2 is 0.917 bits per heavy atom. The topological polar surface area (TPSA) is 178 Å². The molecule has 1 fully saturated rings. The van der Waals surface area contributed by atoms with Gasteiger partial charge in [0.05, 0.1) is 19.8 Å². The van der Waals surface area contributed by atoms with Gasteiger partial charge < -0.3 is 34.3 Å². The molecule has 0 radical (unpaired) electrons. The van der Waals surface area contributed by atoms with Gasteiger partial charge in [-0.15, -0.1) is 0 Å². The molecule has 13 heteroatoms. The van der Waals surface area contributed by atoms with Crippen molar-refractivity contribution in [1.82, 2.24) is 0 Å². The fourth-order valence-corrected chi connectivity index (χ4v) is 8.96. The molecule has 0 spiro atoms. The first-order chi connectivity index (χ1) is 35.1. The molecular weight excluding hydrogens is 933 g/mol. The minimum absolute atomic E-state index is 0.0257. The zero-order valence-corrected chi connectivity index (χ0v) is 46.0. The molecule has 1 heterocycles. The first-order valence-corrected chi connectivity index (χ1v) is 30.1. The molecule has 4 N–H and O–H groups in total. The van der Waals surface area contributed by atoms with Crippen LogP contribution >= 0.6 is 0 Å². The molecule has 1 saturated heterocycles. The lowest BCUT2D eigenvalue weighted by Crippen LogP contribution is -2.60. The molecule has 0 aliphatic carbocycles. The van der Waals surface area contributed by atoms with Crippen LogP contribution in [0.25, 0.3) is 0 Å². The number of carbonyl (C=O) groups excluding carboxylic acids is 1. The highest BCUT2D eigenvalue weighted by Crippen LogP contribution is 2.26. The van der Waals surface area contributed by atoms with Gasteiger partial charge in [-0.3, -0.25) is 9.35 Å². The average molecular weight is 1040 g/mol. The fraction of sp³-hybridized carbons (Fsp3) is 0.780. The number of rotatable bonds is 50. The Hall–Kier alpha value is -2.46. The van der Waals surface area contributed by atoms with E-state index in [2.05, 4.69) is 90.9 Å². The summed E-state index contributed by atoms with van der Waals surface area (Å²) in [7, 11) is -5.07. The van der Waals surface area contributed by atoms with Crippen LogP contribution in [0.15, 0.2) is 72.9 Å². The summed E-state index contributed by atoms with van der Waals surface area (Å²) in [6.45, 7) is 3.95. The van der Waals surface area contributed by atoms with Crippen molar-refractivity contribution in [3.05, 3.63) is 72.9 Å². The normalized spacial score (nSPS) is 19.4. The lowest BCUT2D eigenvalue weighted by Gasteiger charge is -2.41. The highest BCUT2D eigenvalue weighted by atomic mass is 32.3. The van der Waals surface area contributed by atoms with Crippen molar-refractivity contribution in [3.8, 4) is 0 Å². The maximum absolute atomic E-state index is 12.9. The molecule has 0 aromatic heterocycles. The van der Waals surface area contributed by atoms with E-state index in [0.717, 1.165) is 83.5 Å². The average Bonchev–Trinajstić information content (AvgIpc) is 3.36. The summed E-state index contributed by atoms with van der Waals surface area (Å²) in [6, 6.07) is 0. The molecular formula is C59H104O12S. The van der Waals surface area contributed by atoms with Crippen molar-refractivity contribution < 1.29 is 56.2 Å². The Morgan fingerprint density at radius 3 is 1.36 bits per heavy atom. The van der Waals surface area contributed by atoms with Crippen LogP contribution < -0.4 is 0 Å². The van der Waals surface area contributed by atoms with Gasteiger partial charge in [0.2, 0.25) is 0 Å². The number of ether oxygens (including phenoxy) is 4. The number of hydrogen-bond donors (Lipinski definition) is 4. The predicted molar refractivity (Wildman–Crippen MR) is 294 cm³/mol. The molecule has 418 valence electrons. The third-order valence-corrected chi connectivity index (χ3v) is 13.3. The van der Waals surface area contributed by atoms with Gasteiger partial charge >= 0.3 is 16.4 Å². The number of aliphatic hydroxyl groups excluding tert-OH is 3. The second-order valence-corrected chi connectivity index (χ2v) is 20.6. The Labute approximate surface area is 439 Å². The lowest BCUT2D eigenvalue weighted by atomic mass is 9.99. The standard InChI is InChI=1S/C59H104O12S/c1-3-5-7-9-11-13-15-17-19-21-23-24-25-26-27-28-29-31-33-35-37-39-41-43-45-47-49-67-51-53(52-68-59-57(63)58(71-72(64,65)66)56(62)54(50-60)70-59)69-55(61)48-46-44-42-40-38-36-34-32-30-22-20-18-16-14-12-10-8-6-4-2/h12,14-15,17-18,20-21,23,25-26,30,32,53-54,56-60,62-63H,3-11,13,16,19,22,24,27-29,31,33-52H2,1-2H3,(H,64,65,66)/b14-12-,17-15-,20-18-,23-21-,26-25-,32-30-. The monoisotopic (exact) mass is 1040 g/mol. The molecule has 1 aliphatic rings. The SMILES string of the molecule is CCCCC/C=C\C/C=C\C/C=C\CCCCCCCCC(=O)OC(COCCCCCCCCCCCCC/C=C\C/C=C\C/C=C\CCCCCCC)COC1OC(CO)C(O)C(OS(=O)(=O)O)C1O. The van der Waals surface area contributed by atoms with E-state index < -0.39 is 59.8 Å². The molecule has 6 unspecified atom stereocenters. The molecule has 1 aliphatic heterocycles. The second-order valence-electron chi connectivity index (χ2n) is 19.5. The van der Waals surface area contributed by atoms with E-state index in [1.807, 2.05) is 0 Å². The van der Waals surface area contributed by atoms with Crippen molar-refractivity contribution in [2.24, 2.45) is 0 Å². The van der Waals surface area contributed by atoms with Crippen LogP contribution in [0.4, 0.5) is 0 Å². The summed E-state index contributed by atoms with van der Waals surface area (Å²) in [5.74, 6) is -0.413. The molecule has 0 amide bonds. The summed E-state index contributed by atoms with van der Waals surface area (Å²) < 4.78 is 59.4. The van der Waals surface area contributed by atoms with E-state index in [4.69, 9.17) is 18.9 Å². The van der Waals surface area contributed by atoms with Gasteiger partial charge in [-0.1, -0.05) is 209 Å². The van der Waals surface area contributed by atoms with Crippen molar-refractivity contribution >= 4 is 16.4 Å². The molecule has 1 rings (SSSR count). The van der Waals surface area contributed by atoms with Crippen molar-refractivity contribution in [2.75, 3.05) is 26.4 Å². The molecule has 72 heavy (non-hydrogen) atoms.